The lowest BCUT2D eigenvalue weighted by Gasteiger charge is -2.39. The van der Waals surface area contributed by atoms with Crippen molar-refractivity contribution in [3.05, 3.63) is 11.9 Å². The van der Waals surface area contributed by atoms with Crippen molar-refractivity contribution in [2.24, 2.45) is 5.92 Å². The van der Waals surface area contributed by atoms with Crippen molar-refractivity contribution in [3.8, 4) is 5.75 Å². The number of piperidine rings is 1. The molecule has 3 heterocycles. The number of hydrogen-bond acceptors (Lipinski definition) is 4. The van der Waals surface area contributed by atoms with Gasteiger partial charge in [0, 0.05) is 25.6 Å². The first-order chi connectivity index (χ1) is 9.19. The molecule has 3 rings (SSSR count). The van der Waals surface area contributed by atoms with E-state index in [9.17, 15) is 5.11 Å². The molecule has 1 N–H and O–H groups in total. The fourth-order valence-electron chi connectivity index (χ4n) is 3.61. The first-order valence-electron chi connectivity index (χ1n) is 7.24. The zero-order valence-corrected chi connectivity index (χ0v) is 11.8. The van der Waals surface area contributed by atoms with Gasteiger partial charge in [-0.3, -0.25) is 4.68 Å². The highest BCUT2D eigenvalue weighted by molar-refractivity contribution is 5.32. The number of nitrogens with zero attached hydrogens (tertiary/aromatic N) is 3. The third kappa shape index (κ3) is 1.96. The van der Waals surface area contributed by atoms with Gasteiger partial charge >= 0.3 is 0 Å². The number of methoxy groups -OCH3 is 1. The third-order valence-corrected chi connectivity index (χ3v) is 4.63. The van der Waals surface area contributed by atoms with Crippen LogP contribution in [-0.2, 0) is 12.1 Å². The molecule has 0 aromatic carbocycles. The second kappa shape index (κ2) is 4.80. The highest BCUT2D eigenvalue weighted by Gasteiger charge is 2.49. The van der Waals surface area contributed by atoms with Gasteiger partial charge in [0.15, 0.2) is 5.75 Å². The summed E-state index contributed by atoms with van der Waals surface area (Å²) in [6.07, 6.45) is 4.59. The van der Waals surface area contributed by atoms with Gasteiger partial charge in [0.25, 0.3) is 0 Å². The van der Waals surface area contributed by atoms with Gasteiger partial charge in [-0.25, -0.2) is 0 Å². The topological polar surface area (TPSA) is 50.5 Å². The van der Waals surface area contributed by atoms with Crippen LogP contribution in [0.25, 0.3) is 0 Å². The molecule has 1 aromatic rings. The Labute approximate surface area is 114 Å². The number of aliphatic hydroxyl groups is 1. The van der Waals surface area contributed by atoms with Gasteiger partial charge in [-0.2, -0.15) is 5.10 Å². The molecule has 1 aromatic heterocycles. The molecule has 0 amide bonds. The monoisotopic (exact) mass is 265 g/mol. The number of rotatable bonds is 4. The van der Waals surface area contributed by atoms with Gasteiger partial charge in [-0.05, 0) is 25.8 Å². The van der Waals surface area contributed by atoms with Gasteiger partial charge in [0.05, 0.1) is 13.3 Å². The van der Waals surface area contributed by atoms with Crippen molar-refractivity contribution in [3.63, 3.8) is 0 Å². The highest BCUT2D eigenvalue weighted by atomic mass is 16.5. The van der Waals surface area contributed by atoms with E-state index < -0.39 is 5.60 Å². The van der Waals surface area contributed by atoms with Crippen molar-refractivity contribution in [2.45, 2.75) is 38.3 Å². The summed E-state index contributed by atoms with van der Waals surface area (Å²) in [5, 5.41) is 15.7. The summed E-state index contributed by atoms with van der Waals surface area (Å²) in [5.74, 6) is 1.04. The highest BCUT2D eigenvalue weighted by Crippen LogP contribution is 2.45. The van der Waals surface area contributed by atoms with Crippen LogP contribution in [0, 0.1) is 5.92 Å². The van der Waals surface area contributed by atoms with Gasteiger partial charge < -0.3 is 14.7 Å². The summed E-state index contributed by atoms with van der Waals surface area (Å²) >= 11 is 0. The van der Waals surface area contributed by atoms with Crippen LogP contribution in [0.15, 0.2) is 6.20 Å². The van der Waals surface area contributed by atoms with Crippen LogP contribution in [0.1, 0.15) is 31.9 Å². The molecule has 5 nitrogen and oxygen atoms in total. The molecular formula is C14H23N3O2. The Morgan fingerprint density at radius 3 is 3.11 bits per heavy atom. The molecule has 0 saturated carbocycles. The summed E-state index contributed by atoms with van der Waals surface area (Å²) in [6, 6.07) is 0. The lowest BCUT2D eigenvalue weighted by Crippen LogP contribution is -2.45. The minimum absolute atomic E-state index is 0.308. The third-order valence-electron chi connectivity index (χ3n) is 4.63. The molecular weight excluding hydrogens is 242 g/mol. The van der Waals surface area contributed by atoms with Crippen LogP contribution in [-0.4, -0.2) is 46.5 Å². The second-order valence-corrected chi connectivity index (χ2v) is 5.75. The molecule has 0 spiro atoms. The molecule has 2 aliphatic heterocycles. The first kappa shape index (κ1) is 12.9. The van der Waals surface area contributed by atoms with Crippen LogP contribution in [0.2, 0.25) is 0 Å². The number of fused-ring (bicyclic) bond motifs is 2. The summed E-state index contributed by atoms with van der Waals surface area (Å²) < 4.78 is 7.38. The van der Waals surface area contributed by atoms with E-state index in [0.717, 1.165) is 56.9 Å². The predicted octanol–water partition coefficient (Wildman–Crippen LogP) is 1.21. The molecule has 5 heteroatoms. The van der Waals surface area contributed by atoms with E-state index in [0.29, 0.717) is 5.92 Å². The Hall–Kier alpha value is -1.07. The van der Waals surface area contributed by atoms with E-state index in [1.165, 1.54) is 0 Å². The van der Waals surface area contributed by atoms with Crippen LogP contribution in [0.3, 0.4) is 0 Å². The van der Waals surface area contributed by atoms with Crippen LogP contribution in [0.4, 0.5) is 0 Å². The van der Waals surface area contributed by atoms with Gasteiger partial charge in [0.2, 0.25) is 0 Å². The molecule has 0 aliphatic carbocycles. The normalized spacial score (nSPS) is 33.6. The number of aromatic nitrogens is 2. The Balaban J connectivity index is 2.01. The largest absolute Gasteiger partial charge is 0.493 e. The minimum Gasteiger partial charge on any atom is -0.493 e. The minimum atomic E-state index is -0.774. The van der Waals surface area contributed by atoms with Crippen molar-refractivity contribution < 1.29 is 9.84 Å². The Morgan fingerprint density at radius 1 is 1.53 bits per heavy atom. The Morgan fingerprint density at radius 2 is 2.37 bits per heavy atom. The maximum Gasteiger partial charge on any atom is 0.162 e. The van der Waals surface area contributed by atoms with E-state index in [-0.39, 0.29) is 0 Å². The lowest BCUT2D eigenvalue weighted by molar-refractivity contribution is -0.0585. The van der Waals surface area contributed by atoms with Crippen molar-refractivity contribution in [2.75, 3.05) is 26.7 Å². The standard InChI is InChI=1S/C14H23N3O2/c1-3-6-17-13(12(19-2)9-15-17)14(18)5-8-16-7-4-11(14)10-16/h9,11,18H,3-8,10H2,1-2H3. The molecule has 0 radical (unpaired) electrons. The van der Waals surface area contributed by atoms with E-state index >= 15 is 0 Å². The number of aryl methyl sites for hydroxylation is 1. The molecule has 2 saturated heterocycles. The lowest BCUT2D eigenvalue weighted by atomic mass is 9.79. The van der Waals surface area contributed by atoms with E-state index in [4.69, 9.17) is 4.74 Å². The smallest absolute Gasteiger partial charge is 0.162 e. The van der Waals surface area contributed by atoms with Crippen LogP contribution >= 0.6 is 0 Å². The zero-order valence-electron chi connectivity index (χ0n) is 11.8. The SMILES string of the molecule is CCCn1ncc(OC)c1C1(O)CCN2CCC1C2. The van der Waals surface area contributed by atoms with E-state index in [1.807, 2.05) is 4.68 Å². The maximum atomic E-state index is 11.3. The molecule has 3 unspecified atom stereocenters. The fourth-order valence-corrected chi connectivity index (χ4v) is 3.61. The fraction of sp³-hybridized carbons (Fsp3) is 0.786. The molecule has 2 aliphatic rings. The van der Waals surface area contributed by atoms with Gasteiger partial charge in [-0.15, -0.1) is 0 Å². The van der Waals surface area contributed by atoms with Gasteiger partial charge in [0.1, 0.15) is 11.3 Å². The van der Waals surface area contributed by atoms with Crippen molar-refractivity contribution >= 4 is 0 Å². The predicted molar refractivity (Wildman–Crippen MR) is 72.1 cm³/mol. The Kier molecular flexibility index (Phi) is 3.27. The van der Waals surface area contributed by atoms with Crippen molar-refractivity contribution in [1.82, 2.24) is 14.7 Å². The van der Waals surface area contributed by atoms with Crippen LogP contribution < -0.4 is 4.74 Å². The van der Waals surface area contributed by atoms with E-state index in [1.54, 1.807) is 13.3 Å². The molecule has 19 heavy (non-hydrogen) atoms. The summed E-state index contributed by atoms with van der Waals surface area (Å²) in [5.41, 5.74) is 0.118. The summed E-state index contributed by atoms with van der Waals surface area (Å²) in [6.45, 7) is 6.03. The zero-order chi connectivity index (χ0) is 13.5. The second-order valence-electron chi connectivity index (χ2n) is 5.75. The maximum absolute atomic E-state index is 11.3. The van der Waals surface area contributed by atoms with Gasteiger partial charge in [-0.1, -0.05) is 6.92 Å². The van der Waals surface area contributed by atoms with Crippen molar-refractivity contribution in [1.29, 1.82) is 0 Å². The summed E-state index contributed by atoms with van der Waals surface area (Å²) in [7, 11) is 1.66. The average molecular weight is 265 g/mol. The Bertz CT molecular complexity index is 460. The van der Waals surface area contributed by atoms with E-state index in [2.05, 4.69) is 16.9 Å². The van der Waals surface area contributed by atoms with Crippen LogP contribution in [0.5, 0.6) is 5.75 Å². The number of ether oxygens (including phenoxy) is 1. The molecule has 2 fully saturated rings. The summed E-state index contributed by atoms with van der Waals surface area (Å²) in [4.78, 5) is 2.44. The average Bonchev–Trinajstić information content (AvgIpc) is 3.00. The first-order valence-corrected chi connectivity index (χ1v) is 7.24. The molecule has 106 valence electrons. The quantitative estimate of drug-likeness (QED) is 0.889. The number of hydrogen-bond donors (Lipinski definition) is 1. The molecule has 3 atom stereocenters. The molecule has 2 bridgehead atoms.